The van der Waals surface area contributed by atoms with Crippen molar-refractivity contribution in [3.8, 4) is 11.5 Å². The van der Waals surface area contributed by atoms with E-state index in [1.54, 1.807) is 0 Å². The molecule has 0 saturated carbocycles. The Morgan fingerprint density at radius 3 is 2.48 bits per heavy atom. The summed E-state index contributed by atoms with van der Waals surface area (Å²) < 4.78 is 39.1. The number of Topliss-reactive ketones (excluding diaryl/α,β-unsaturated/α-hetero) is 1. The van der Waals surface area contributed by atoms with Gasteiger partial charge in [0.1, 0.15) is 11.5 Å². The van der Waals surface area contributed by atoms with Crippen LogP contribution in [-0.2, 0) is 12.6 Å². The van der Waals surface area contributed by atoms with Crippen molar-refractivity contribution in [1.82, 2.24) is 0 Å². The second-order valence-electron chi connectivity index (χ2n) is 5.25. The SMILES string of the molecule is O=C1/C(=C/c2ccc(O)cc2O)Cc2c1cccc2C(F)(F)F. The number of carbonyl (C=O) groups is 1. The van der Waals surface area contributed by atoms with Gasteiger partial charge in [-0.1, -0.05) is 12.1 Å². The van der Waals surface area contributed by atoms with Crippen LogP contribution < -0.4 is 0 Å². The summed E-state index contributed by atoms with van der Waals surface area (Å²) in [4.78, 5) is 12.3. The summed E-state index contributed by atoms with van der Waals surface area (Å²) in [5.74, 6) is -0.888. The molecule has 3 rings (SSSR count). The Balaban J connectivity index is 2.06. The number of fused-ring (bicyclic) bond motifs is 1. The standard InChI is InChI=1S/C17H11F3O3/c18-17(19,20)14-3-1-2-12-13(14)7-10(16(12)23)6-9-4-5-11(21)8-15(9)22/h1-6,8,21-22H,7H2/b10-6+. The minimum atomic E-state index is -4.53. The number of halogens is 3. The Labute approximate surface area is 129 Å². The number of phenols is 2. The zero-order chi connectivity index (χ0) is 16.8. The third kappa shape index (κ3) is 2.67. The van der Waals surface area contributed by atoms with E-state index in [0.29, 0.717) is 0 Å². The van der Waals surface area contributed by atoms with Gasteiger partial charge in [0.15, 0.2) is 5.78 Å². The number of benzene rings is 2. The Morgan fingerprint density at radius 1 is 1.09 bits per heavy atom. The van der Waals surface area contributed by atoms with Crippen LogP contribution in [0.1, 0.15) is 27.0 Å². The van der Waals surface area contributed by atoms with Crippen molar-refractivity contribution in [2.24, 2.45) is 0 Å². The van der Waals surface area contributed by atoms with E-state index < -0.39 is 17.5 Å². The van der Waals surface area contributed by atoms with Crippen molar-refractivity contribution in [2.75, 3.05) is 0 Å². The summed E-state index contributed by atoms with van der Waals surface area (Å²) in [6.07, 6.45) is -3.33. The quantitative estimate of drug-likeness (QED) is 0.783. The van der Waals surface area contributed by atoms with Gasteiger partial charge in [-0.15, -0.1) is 0 Å². The van der Waals surface area contributed by atoms with E-state index in [2.05, 4.69) is 0 Å². The molecule has 1 aliphatic rings. The third-order valence-electron chi connectivity index (χ3n) is 3.73. The molecule has 0 radical (unpaired) electrons. The molecule has 0 aromatic heterocycles. The van der Waals surface area contributed by atoms with Gasteiger partial charge >= 0.3 is 6.18 Å². The molecule has 0 heterocycles. The van der Waals surface area contributed by atoms with Crippen molar-refractivity contribution >= 4 is 11.9 Å². The molecule has 0 aliphatic heterocycles. The molecule has 0 spiro atoms. The van der Waals surface area contributed by atoms with Crippen molar-refractivity contribution in [2.45, 2.75) is 12.6 Å². The second kappa shape index (κ2) is 5.15. The van der Waals surface area contributed by atoms with Crippen LogP contribution in [0.5, 0.6) is 11.5 Å². The first-order chi connectivity index (χ1) is 10.8. The van der Waals surface area contributed by atoms with Crippen molar-refractivity contribution in [3.63, 3.8) is 0 Å². The molecular weight excluding hydrogens is 309 g/mol. The molecular formula is C17H11F3O3. The number of phenolic OH excluding ortho intramolecular Hbond substituents is 2. The fourth-order valence-electron chi connectivity index (χ4n) is 2.66. The average molecular weight is 320 g/mol. The number of hydrogen-bond donors (Lipinski definition) is 2. The second-order valence-corrected chi connectivity index (χ2v) is 5.25. The first kappa shape index (κ1) is 15.1. The normalized spacial score (nSPS) is 16.0. The van der Waals surface area contributed by atoms with E-state index in [-0.39, 0.29) is 40.2 Å². The number of alkyl halides is 3. The highest BCUT2D eigenvalue weighted by atomic mass is 19.4. The molecule has 0 bridgehead atoms. The topological polar surface area (TPSA) is 57.5 Å². The van der Waals surface area contributed by atoms with Gasteiger partial charge in [-0.25, -0.2) is 0 Å². The minimum absolute atomic E-state index is 0.0318. The lowest BCUT2D eigenvalue weighted by Gasteiger charge is -2.10. The Bertz CT molecular complexity index is 835. The van der Waals surface area contributed by atoms with Gasteiger partial charge in [-0.3, -0.25) is 4.79 Å². The predicted molar refractivity (Wildman–Crippen MR) is 77.2 cm³/mol. The van der Waals surface area contributed by atoms with Gasteiger partial charge in [0.2, 0.25) is 0 Å². The maximum absolute atomic E-state index is 13.0. The largest absolute Gasteiger partial charge is 0.508 e. The van der Waals surface area contributed by atoms with E-state index in [9.17, 15) is 28.2 Å². The van der Waals surface area contributed by atoms with Gasteiger partial charge in [0.25, 0.3) is 0 Å². The molecule has 2 N–H and O–H groups in total. The van der Waals surface area contributed by atoms with Crippen molar-refractivity contribution in [1.29, 1.82) is 0 Å². The maximum Gasteiger partial charge on any atom is 0.416 e. The van der Waals surface area contributed by atoms with E-state index in [4.69, 9.17) is 0 Å². The van der Waals surface area contributed by atoms with Crippen LogP contribution in [0.25, 0.3) is 6.08 Å². The monoisotopic (exact) mass is 320 g/mol. The summed E-state index contributed by atoms with van der Waals surface area (Å²) in [6.45, 7) is 0. The highest BCUT2D eigenvalue weighted by Crippen LogP contribution is 2.39. The maximum atomic E-state index is 13.0. The Hall–Kier alpha value is -2.76. The molecule has 2 aromatic rings. The van der Waals surface area contributed by atoms with Crippen LogP contribution in [0.2, 0.25) is 0 Å². The van der Waals surface area contributed by atoms with Crippen LogP contribution >= 0.6 is 0 Å². The molecule has 6 heteroatoms. The number of rotatable bonds is 1. The number of allylic oxidation sites excluding steroid dienone is 1. The van der Waals surface area contributed by atoms with E-state index >= 15 is 0 Å². The first-order valence-corrected chi connectivity index (χ1v) is 6.73. The molecule has 1 aliphatic carbocycles. The van der Waals surface area contributed by atoms with E-state index in [0.717, 1.165) is 12.1 Å². The lowest BCUT2D eigenvalue weighted by molar-refractivity contribution is -0.138. The zero-order valence-corrected chi connectivity index (χ0v) is 11.7. The molecule has 23 heavy (non-hydrogen) atoms. The molecule has 0 amide bonds. The minimum Gasteiger partial charge on any atom is -0.508 e. The highest BCUT2D eigenvalue weighted by Gasteiger charge is 2.38. The number of aromatic hydroxyl groups is 2. The zero-order valence-electron chi connectivity index (χ0n) is 11.7. The lowest BCUT2D eigenvalue weighted by Crippen LogP contribution is -2.09. The average Bonchev–Trinajstić information content (AvgIpc) is 2.78. The highest BCUT2D eigenvalue weighted by molar-refractivity contribution is 6.15. The first-order valence-electron chi connectivity index (χ1n) is 6.73. The summed E-state index contributed by atoms with van der Waals surface area (Å²) in [5, 5.41) is 19.0. The Morgan fingerprint density at radius 2 is 1.83 bits per heavy atom. The summed E-state index contributed by atoms with van der Waals surface area (Å²) in [5.41, 5.74) is -0.411. The van der Waals surface area contributed by atoms with Gasteiger partial charge in [-0.2, -0.15) is 13.2 Å². The predicted octanol–water partition coefficient (Wildman–Crippen LogP) is 3.94. The van der Waals surface area contributed by atoms with Crippen LogP contribution in [-0.4, -0.2) is 16.0 Å². The number of carbonyl (C=O) groups excluding carboxylic acids is 1. The fourth-order valence-corrected chi connectivity index (χ4v) is 2.66. The molecule has 118 valence electrons. The van der Waals surface area contributed by atoms with E-state index in [1.165, 1.54) is 30.3 Å². The smallest absolute Gasteiger partial charge is 0.416 e. The fraction of sp³-hybridized carbons (Fsp3) is 0.118. The molecule has 0 unspecified atom stereocenters. The van der Waals surface area contributed by atoms with Crippen LogP contribution in [0, 0.1) is 0 Å². The number of ketones is 1. The summed E-state index contributed by atoms with van der Waals surface area (Å²) >= 11 is 0. The Kier molecular flexibility index (Phi) is 3.39. The molecule has 0 atom stereocenters. The molecule has 2 aromatic carbocycles. The number of hydrogen-bond acceptors (Lipinski definition) is 3. The van der Waals surface area contributed by atoms with Crippen molar-refractivity contribution < 1.29 is 28.2 Å². The molecule has 3 nitrogen and oxygen atoms in total. The lowest BCUT2D eigenvalue weighted by atomic mass is 10.0. The molecule has 0 fully saturated rings. The van der Waals surface area contributed by atoms with Gasteiger partial charge in [-0.05, 0) is 29.8 Å². The van der Waals surface area contributed by atoms with Crippen LogP contribution in [0.4, 0.5) is 13.2 Å². The third-order valence-corrected chi connectivity index (χ3v) is 3.73. The molecule has 0 saturated heterocycles. The van der Waals surface area contributed by atoms with Gasteiger partial charge in [0, 0.05) is 29.2 Å². The summed E-state index contributed by atoms with van der Waals surface area (Å²) in [6, 6.07) is 7.33. The van der Waals surface area contributed by atoms with Crippen LogP contribution in [0.15, 0.2) is 42.0 Å². The summed E-state index contributed by atoms with van der Waals surface area (Å²) in [7, 11) is 0. The van der Waals surface area contributed by atoms with E-state index in [1.807, 2.05) is 0 Å². The van der Waals surface area contributed by atoms with Gasteiger partial charge < -0.3 is 10.2 Å². The van der Waals surface area contributed by atoms with Gasteiger partial charge in [0.05, 0.1) is 5.56 Å². The van der Waals surface area contributed by atoms with Crippen molar-refractivity contribution in [3.05, 3.63) is 64.2 Å². The van der Waals surface area contributed by atoms with Crippen LogP contribution in [0.3, 0.4) is 0 Å².